The Morgan fingerprint density at radius 2 is 1.95 bits per heavy atom. The van der Waals surface area contributed by atoms with E-state index in [9.17, 15) is 0 Å². The van der Waals surface area contributed by atoms with E-state index >= 15 is 0 Å². The van der Waals surface area contributed by atoms with Crippen LogP contribution in [-0.4, -0.2) is 24.7 Å². The maximum atomic E-state index is 6.41. The molecule has 2 N–H and O–H groups in total. The van der Waals surface area contributed by atoms with Crippen LogP contribution in [0.3, 0.4) is 0 Å². The zero-order valence-corrected chi connectivity index (χ0v) is 12.9. The molecule has 1 heterocycles. The minimum Gasteiger partial charge on any atom is -0.493 e. The van der Waals surface area contributed by atoms with Gasteiger partial charge >= 0.3 is 0 Å². The highest BCUT2D eigenvalue weighted by Gasteiger charge is 2.21. The number of methoxy groups -OCH3 is 2. The van der Waals surface area contributed by atoms with E-state index in [0.29, 0.717) is 0 Å². The van der Waals surface area contributed by atoms with Gasteiger partial charge in [0.15, 0.2) is 11.5 Å². The van der Waals surface area contributed by atoms with Crippen LogP contribution in [0.1, 0.15) is 17.4 Å². The summed E-state index contributed by atoms with van der Waals surface area (Å²) in [6.45, 7) is 2.06. The number of hydrogen-bond donors (Lipinski definition) is 1. The van der Waals surface area contributed by atoms with Gasteiger partial charge in [-0.15, -0.1) is 11.3 Å². The second kappa shape index (κ2) is 6.24. The van der Waals surface area contributed by atoms with Crippen molar-refractivity contribution in [3.05, 3.63) is 40.3 Å². The standard InChI is InChI=1S/C15H20N2O2S/c1-15(16,8-12-9-17-10-20-12)7-11-4-5-13(18-2)14(6-11)19-3/h4-6,9-10H,7-8,16H2,1-3H3. The molecule has 0 saturated heterocycles. The summed E-state index contributed by atoms with van der Waals surface area (Å²) in [5.41, 5.74) is 9.07. The summed E-state index contributed by atoms with van der Waals surface area (Å²) in [6.07, 6.45) is 3.46. The topological polar surface area (TPSA) is 57.4 Å². The van der Waals surface area contributed by atoms with E-state index in [4.69, 9.17) is 15.2 Å². The number of thiazole rings is 1. The molecule has 1 atom stereocenters. The molecule has 0 amide bonds. The van der Waals surface area contributed by atoms with Crippen LogP contribution in [0.5, 0.6) is 11.5 Å². The summed E-state index contributed by atoms with van der Waals surface area (Å²) in [6, 6.07) is 5.92. The highest BCUT2D eigenvalue weighted by Crippen LogP contribution is 2.29. The van der Waals surface area contributed by atoms with Gasteiger partial charge in [0, 0.05) is 23.0 Å². The summed E-state index contributed by atoms with van der Waals surface area (Å²) < 4.78 is 10.6. The van der Waals surface area contributed by atoms with Crippen molar-refractivity contribution in [2.75, 3.05) is 14.2 Å². The van der Waals surface area contributed by atoms with Crippen LogP contribution in [0.25, 0.3) is 0 Å². The molecule has 0 aliphatic rings. The van der Waals surface area contributed by atoms with Gasteiger partial charge < -0.3 is 15.2 Å². The second-order valence-corrected chi connectivity index (χ2v) is 6.14. The predicted octanol–water partition coefficient (Wildman–Crippen LogP) is 2.66. The van der Waals surface area contributed by atoms with Crippen molar-refractivity contribution >= 4 is 11.3 Å². The first-order valence-corrected chi connectivity index (χ1v) is 7.29. The fraction of sp³-hybridized carbons (Fsp3) is 0.400. The number of rotatable bonds is 6. The Labute approximate surface area is 123 Å². The van der Waals surface area contributed by atoms with Gasteiger partial charge in [-0.1, -0.05) is 6.07 Å². The van der Waals surface area contributed by atoms with Crippen molar-refractivity contribution in [3.63, 3.8) is 0 Å². The summed E-state index contributed by atoms with van der Waals surface area (Å²) in [4.78, 5) is 5.29. The molecule has 4 nitrogen and oxygen atoms in total. The molecule has 20 heavy (non-hydrogen) atoms. The average molecular weight is 292 g/mol. The third kappa shape index (κ3) is 3.71. The molecule has 0 spiro atoms. The monoisotopic (exact) mass is 292 g/mol. The lowest BCUT2D eigenvalue weighted by molar-refractivity contribution is 0.354. The Hall–Kier alpha value is -1.59. The van der Waals surface area contributed by atoms with Crippen molar-refractivity contribution in [3.8, 4) is 11.5 Å². The molecule has 0 saturated carbocycles. The molecule has 1 aromatic heterocycles. The Morgan fingerprint density at radius 3 is 2.55 bits per heavy atom. The maximum absolute atomic E-state index is 6.41. The highest BCUT2D eigenvalue weighted by molar-refractivity contribution is 7.09. The van der Waals surface area contributed by atoms with Crippen LogP contribution in [0, 0.1) is 0 Å². The first kappa shape index (κ1) is 14.8. The van der Waals surface area contributed by atoms with Gasteiger partial charge in [-0.2, -0.15) is 0 Å². The van der Waals surface area contributed by atoms with E-state index in [1.807, 2.05) is 29.9 Å². The Bertz CT molecular complexity index is 553. The van der Waals surface area contributed by atoms with Gasteiger partial charge in [-0.25, -0.2) is 0 Å². The van der Waals surface area contributed by atoms with Gasteiger partial charge in [0.1, 0.15) is 0 Å². The van der Waals surface area contributed by atoms with E-state index < -0.39 is 0 Å². The fourth-order valence-corrected chi connectivity index (χ4v) is 3.04. The van der Waals surface area contributed by atoms with E-state index in [-0.39, 0.29) is 5.54 Å². The average Bonchev–Trinajstić information content (AvgIpc) is 2.90. The van der Waals surface area contributed by atoms with E-state index in [1.165, 1.54) is 4.88 Å². The van der Waals surface area contributed by atoms with Gasteiger partial charge in [-0.3, -0.25) is 4.98 Å². The lowest BCUT2D eigenvalue weighted by Gasteiger charge is -2.24. The molecule has 1 aromatic carbocycles. The molecule has 0 aliphatic carbocycles. The van der Waals surface area contributed by atoms with Crippen molar-refractivity contribution in [2.24, 2.45) is 5.73 Å². The maximum Gasteiger partial charge on any atom is 0.160 e. The minimum atomic E-state index is -0.313. The van der Waals surface area contributed by atoms with Crippen LogP contribution in [-0.2, 0) is 12.8 Å². The van der Waals surface area contributed by atoms with Crippen LogP contribution in [0.2, 0.25) is 0 Å². The number of aromatic nitrogens is 1. The fourth-order valence-electron chi connectivity index (χ4n) is 2.25. The predicted molar refractivity (Wildman–Crippen MR) is 81.7 cm³/mol. The molecule has 0 aliphatic heterocycles. The van der Waals surface area contributed by atoms with Gasteiger partial charge in [0.05, 0.1) is 19.7 Å². The molecule has 2 aromatic rings. The van der Waals surface area contributed by atoms with Crippen LogP contribution in [0.4, 0.5) is 0 Å². The molecular formula is C15H20N2O2S. The molecule has 2 rings (SSSR count). The normalized spacial score (nSPS) is 13.8. The second-order valence-electron chi connectivity index (χ2n) is 5.16. The number of nitrogens with two attached hydrogens (primary N) is 1. The number of ether oxygens (including phenoxy) is 2. The smallest absolute Gasteiger partial charge is 0.160 e. The van der Waals surface area contributed by atoms with Crippen molar-refractivity contribution in [2.45, 2.75) is 25.3 Å². The largest absolute Gasteiger partial charge is 0.493 e. The number of hydrogen-bond acceptors (Lipinski definition) is 5. The summed E-state index contributed by atoms with van der Waals surface area (Å²) in [5.74, 6) is 1.47. The summed E-state index contributed by atoms with van der Waals surface area (Å²) in [7, 11) is 3.27. The zero-order valence-electron chi connectivity index (χ0n) is 12.1. The Morgan fingerprint density at radius 1 is 1.20 bits per heavy atom. The Balaban J connectivity index is 2.12. The highest BCUT2D eigenvalue weighted by atomic mass is 32.1. The first-order chi connectivity index (χ1) is 9.54. The molecule has 1 unspecified atom stereocenters. The quantitative estimate of drug-likeness (QED) is 0.889. The Kier molecular flexibility index (Phi) is 4.62. The van der Waals surface area contributed by atoms with Crippen molar-refractivity contribution < 1.29 is 9.47 Å². The number of benzene rings is 1. The van der Waals surface area contributed by atoms with E-state index in [0.717, 1.165) is 29.9 Å². The molecule has 0 radical (unpaired) electrons. The third-order valence-electron chi connectivity index (χ3n) is 3.12. The molecule has 108 valence electrons. The van der Waals surface area contributed by atoms with Crippen LogP contribution < -0.4 is 15.2 Å². The van der Waals surface area contributed by atoms with E-state index in [1.54, 1.807) is 25.6 Å². The van der Waals surface area contributed by atoms with Gasteiger partial charge in [0.25, 0.3) is 0 Å². The van der Waals surface area contributed by atoms with E-state index in [2.05, 4.69) is 11.9 Å². The summed E-state index contributed by atoms with van der Waals surface area (Å²) in [5, 5.41) is 0. The lowest BCUT2D eigenvalue weighted by atomic mass is 9.90. The SMILES string of the molecule is COc1ccc(CC(C)(N)Cc2cncs2)cc1OC. The van der Waals surface area contributed by atoms with Gasteiger partial charge in [-0.05, 0) is 31.0 Å². The molecule has 5 heteroatoms. The van der Waals surface area contributed by atoms with Crippen LogP contribution >= 0.6 is 11.3 Å². The van der Waals surface area contributed by atoms with Crippen molar-refractivity contribution in [1.29, 1.82) is 0 Å². The zero-order chi connectivity index (χ0) is 14.6. The first-order valence-electron chi connectivity index (χ1n) is 6.41. The molecule has 0 fully saturated rings. The third-order valence-corrected chi connectivity index (χ3v) is 3.90. The molecule has 0 bridgehead atoms. The summed E-state index contributed by atoms with van der Waals surface area (Å²) >= 11 is 1.64. The molecular weight excluding hydrogens is 272 g/mol. The van der Waals surface area contributed by atoms with Crippen LogP contribution in [0.15, 0.2) is 29.9 Å². The minimum absolute atomic E-state index is 0.313. The van der Waals surface area contributed by atoms with Gasteiger partial charge in [0.2, 0.25) is 0 Å². The lowest BCUT2D eigenvalue weighted by Crippen LogP contribution is -2.40. The number of nitrogens with zero attached hydrogens (tertiary/aromatic N) is 1. The van der Waals surface area contributed by atoms with Crippen molar-refractivity contribution in [1.82, 2.24) is 4.98 Å².